The number of carbonyl (C=O) groups is 1. The molecular weight excluding hydrogens is 352 g/mol. The highest BCUT2D eigenvalue weighted by atomic mass is 16.5. The number of esters is 1. The Morgan fingerprint density at radius 1 is 0.964 bits per heavy atom. The number of aliphatic imine (C=N–C) groups is 1. The number of nitrogens with zero attached hydrogens (tertiary/aromatic N) is 1. The molecule has 2 rings (SSSR count). The minimum atomic E-state index is -0.486. The van der Waals surface area contributed by atoms with Gasteiger partial charge in [-0.2, -0.15) is 0 Å². The largest absolute Gasteiger partial charge is 0.479 e. The van der Waals surface area contributed by atoms with Crippen LogP contribution in [0.3, 0.4) is 0 Å². The van der Waals surface area contributed by atoms with Crippen LogP contribution in [0.2, 0.25) is 0 Å². The van der Waals surface area contributed by atoms with Crippen LogP contribution in [-0.4, -0.2) is 25.4 Å². The van der Waals surface area contributed by atoms with E-state index < -0.39 is 5.97 Å². The van der Waals surface area contributed by atoms with E-state index in [9.17, 15) is 4.79 Å². The number of benzene rings is 2. The van der Waals surface area contributed by atoms with Crippen molar-refractivity contribution in [2.75, 3.05) is 18.5 Å². The van der Waals surface area contributed by atoms with Crippen LogP contribution < -0.4 is 5.32 Å². The molecule has 5 heteroatoms. The maximum absolute atomic E-state index is 12.6. The predicted molar refractivity (Wildman–Crippen MR) is 114 cm³/mol. The summed E-state index contributed by atoms with van der Waals surface area (Å²) in [4.78, 5) is 17.0. The lowest BCUT2D eigenvalue weighted by Gasteiger charge is -2.17. The van der Waals surface area contributed by atoms with E-state index in [4.69, 9.17) is 9.47 Å². The summed E-state index contributed by atoms with van der Waals surface area (Å²) < 4.78 is 11.0. The highest BCUT2D eigenvalue weighted by Crippen LogP contribution is 2.23. The number of anilines is 1. The Balaban J connectivity index is 2.48. The fraction of sp³-hybridized carbons (Fsp3) is 0.304. The molecule has 0 spiro atoms. The number of hydrogen-bond donors (Lipinski definition) is 1. The smallest absolute Gasteiger partial charge is 0.345 e. The molecule has 2 aromatic rings. The molecule has 0 atom stereocenters. The fourth-order valence-corrected chi connectivity index (χ4v) is 2.63. The van der Waals surface area contributed by atoms with Crippen LogP contribution in [0.5, 0.6) is 0 Å². The molecule has 0 aromatic heterocycles. The Labute approximate surface area is 167 Å². The molecule has 28 heavy (non-hydrogen) atoms. The monoisotopic (exact) mass is 380 g/mol. The van der Waals surface area contributed by atoms with Crippen molar-refractivity contribution in [2.24, 2.45) is 4.99 Å². The predicted octanol–water partition coefficient (Wildman–Crippen LogP) is 5.24. The van der Waals surface area contributed by atoms with E-state index in [0.29, 0.717) is 12.5 Å². The second kappa shape index (κ2) is 10.3. The van der Waals surface area contributed by atoms with E-state index >= 15 is 0 Å². The van der Waals surface area contributed by atoms with Gasteiger partial charge in [-0.05, 0) is 57.9 Å². The van der Waals surface area contributed by atoms with Crippen molar-refractivity contribution in [1.29, 1.82) is 0 Å². The van der Waals surface area contributed by atoms with E-state index in [-0.39, 0.29) is 12.2 Å². The normalized spacial score (nSPS) is 11.9. The Morgan fingerprint density at radius 2 is 1.57 bits per heavy atom. The standard InChI is InChI=1S/C23H28N2O3/c1-6-27-22(25-21-17(4)9-8-10-18(21)5)20(23(26)28-7-2)15-24-19-13-11-16(3)12-14-19/h8-15,25H,6-7H2,1-5H3/b22-20-,24-15?. The maximum Gasteiger partial charge on any atom is 0.345 e. The van der Waals surface area contributed by atoms with Crippen LogP contribution in [0.25, 0.3) is 0 Å². The van der Waals surface area contributed by atoms with Crippen LogP contribution in [-0.2, 0) is 14.3 Å². The molecule has 0 unspecified atom stereocenters. The summed E-state index contributed by atoms with van der Waals surface area (Å²) in [7, 11) is 0. The average molecular weight is 380 g/mol. The summed E-state index contributed by atoms with van der Waals surface area (Å²) in [6.07, 6.45) is 1.49. The van der Waals surface area contributed by atoms with Gasteiger partial charge in [-0.3, -0.25) is 4.99 Å². The zero-order valence-corrected chi connectivity index (χ0v) is 17.2. The van der Waals surface area contributed by atoms with E-state index in [1.165, 1.54) is 6.21 Å². The molecule has 0 aliphatic carbocycles. The molecule has 0 saturated heterocycles. The van der Waals surface area contributed by atoms with Crippen molar-refractivity contribution >= 4 is 23.6 Å². The van der Waals surface area contributed by atoms with E-state index in [1.807, 2.05) is 70.2 Å². The summed E-state index contributed by atoms with van der Waals surface area (Å²) in [5.41, 5.74) is 5.14. The first-order valence-electron chi connectivity index (χ1n) is 9.44. The van der Waals surface area contributed by atoms with Gasteiger partial charge < -0.3 is 14.8 Å². The summed E-state index contributed by atoms with van der Waals surface area (Å²) in [6, 6.07) is 13.7. The molecular formula is C23H28N2O3. The lowest BCUT2D eigenvalue weighted by molar-refractivity contribution is -0.138. The van der Waals surface area contributed by atoms with Gasteiger partial charge in [-0.25, -0.2) is 4.79 Å². The van der Waals surface area contributed by atoms with Gasteiger partial charge in [0, 0.05) is 11.9 Å². The zero-order valence-electron chi connectivity index (χ0n) is 17.2. The van der Waals surface area contributed by atoms with Crippen molar-refractivity contribution in [3.8, 4) is 0 Å². The van der Waals surface area contributed by atoms with Crippen molar-refractivity contribution in [2.45, 2.75) is 34.6 Å². The topological polar surface area (TPSA) is 59.9 Å². The van der Waals surface area contributed by atoms with E-state index in [1.54, 1.807) is 6.92 Å². The second-order valence-electron chi connectivity index (χ2n) is 6.38. The van der Waals surface area contributed by atoms with Gasteiger partial charge in [0.15, 0.2) is 0 Å². The second-order valence-corrected chi connectivity index (χ2v) is 6.38. The number of ether oxygens (including phenoxy) is 2. The Hall–Kier alpha value is -3.08. The van der Waals surface area contributed by atoms with Gasteiger partial charge in [0.25, 0.3) is 0 Å². The average Bonchev–Trinajstić information content (AvgIpc) is 2.66. The molecule has 2 aromatic carbocycles. The number of hydrogen-bond acceptors (Lipinski definition) is 5. The molecule has 0 bridgehead atoms. The minimum Gasteiger partial charge on any atom is -0.479 e. The molecule has 0 fully saturated rings. The van der Waals surface area contributed by atoms with Crippen LogP contribution in [0.4, 0.5) is 11.4 Å². The zero-order chi connectivity index (χ0) is 20.5. The summed E-state index contributed by atoms with van der Waals surface area (Å²) in [5, 5.41) is 3.27. The third-order valence-corrected chi connectivity index (χ3v) is 4.12. The first-order chi connectivity index (χ1) is 13.5. The lowest BCUT2D eigenvalue weighted by atomic mass is 10.1. The van der Waals surface area contributed by atoms with Crippen LogP contribution in [0.1, 0.15) is 30.5 Å². The first kappa shape index (κ1) is 21.2. The molecule has 5 nitrogen and oxygen atoms in total. The molecule has 0 radical (unpaired) electrons. The molecule has 0 saturated carbocycles. The van der Waals surface area contributed by atoms with Gasteiger partial charge in [0.05, 0.1) is 18.9 Å². The van der Waals surface area contributed by atoms with Crippen LogP contribution in [0, 0.1) is 20.8 Å². The number of carbonyl (C=O) groups excluding carboxylic acids is 1. The summed E-state index contributed by atoms with van der Waals surface area (Å²) in [5.74, 6) is -0.158. The molecule has 0 heterocycles. The number of aryl methyl sites for hydroxylation is 3. The highest BCUT2D eigenvalue weighted by molar-refractivity contribution is 6.10. The van der Waals surface area contributed by atoms with Gasteiger partial charge in [0.2, 0.25) is 5.88 Å². The number of rotatable bonds is 8. The molecule has 0 amide bonds. The summed E-state index contributed by atoms with van der Waals surface area (Å²) in [6.45, 7) is 10.3. The highest BCUT2D eigenvalue weighted by Gasteiger charge is 2.18. The summed E-state index contributed by atoms with van der Waals surface area (Å²) >= 11 is 0. The molecule has 148 valence electrons. The van der Waals surface area contributed by atoms with Crippen molar-refractivity contribution < 1.29 is 14.3 Å². The third kappa shape index (κ3) is 5.71. The van der Waals surface area contributed by atoms with Gasteiger partial charge in [-0.15, -0.1) is 0 Å². The quantitative estimate of drug-likeness (QED) is 0.294. The lowest BCUT2D eigenvalue weighted by Crippen LogP contribution is -2.18. The molecule has 1 N–H and O–H groups in total. The first-order valence-corrected chi connectivity index (χ1v) is 9.44. The van der Waals surface area contributed by atoms with E-state index in [0.717, 1.165) is 28.1 Å². The third-order valence-electron chi connectivity index (χ3n) is 4.12. The van der Waals surface area contributed by atoms with E-state index in [2.05, 4.69) is 10.3 Å². The Bertz CT molecular complexity index is 848. The maximum atomic E-state index is 12.6. The Kier molecular flexibility index (Phi) is 7.81. The van der Waals surface area contributed by atoms with Crippen molar-refractivity contribution in [1.82, 2.24) is 0 Å². The van der Waals surface area contributed by atoms with Crippen molar-refractivity contribution in [3.05, 3.63) is 70.6 Å². The fourth-order valence-electron chi connectivity index (χ4n) is 2.63. The number of para-hydroxylation sites is 1. The van der Waals surface area contributed by atoms with Crippen LogP contribution >= 0.6 is 0 Å². The van der Waals surface area contributed by atoms with Gasteiger partial charge >= 0.3 is 5.97 Å². The van der Waals surface area contributed by atoms with Crippen molar-refractivity contribution in [3.63, 3.8) is 0 Å². The Morgan fingerprint density at radius 3 is 2.14 bits per heavy atom. The van der Waals surface area contributed by atoms with Gasteiger partial charge in [0.1, 0.15) is 5.57 Å². The molecule has 0 aliphatic heterocycles. The number of nitrogens with one attached hydrogen (secondary N) is 1. The minimum absolute atomic E-state index is 0.243. The van der Waals surface area contributed by atoms with Gasteiger partial charge in [-0.1, -0.05) is 35.9 Å². The van der Waals surface area contributed by atoms with Crippen LogP contribution in [0.15, 0.2) is 58.9 Å². The molecule has 0 aliphatic rings. The SMILES string of the molecule is CCOC(=O)/C(C=Nc1ccc(C)cc1)=C(/Nc1c(C)cccc1C)OCC.